The highest BCUT2D eigenvalue weighted by atomic mass is 31.2. The Hall–Kier alpha value is -0.460. The number of rotatable bonds is 8. The number of aliphatic hydroxyl groups is 2. The number of carbonyl (C=O) groups is 1. The van der Waals surface area contributed by atoms with Crippen molar-refractivity contribution >= 4 is 13.3 Å². The summed E-state index contributed by atoms with van der Waals surface area (Å²) in [7, 11) is -3.40. The molecule has 0 saturated heterocycles. The fraction of sp³-hybridized carbons (Fsp3) is 0.929. The number of aliphatic hydroxyl groups excluding tert-OH is 2. The monoisotopic (exact) mass is 336 g/mol. The molecule has 0 aromatic heterocycles. The van der Waals surface area contributed by atoms with E-state index in [9.17, 15) is 24.5 Å². The van der Waals surface area contributed by atoms with E-state index in [1.54, 1.807) is 0 Å². The van der Waals surface area contributed by atoms with Crippen LogP contribution in [0.4, 0.5) is 0 Å². The molecule has 22 heavy (non-hydrogen) atoms. The maximum atomic E-state index is 12.2. The standard InChI is InChI=1S/C14H29N2O5P/c1-10(17)13(15)14(19)16-7-12(18)9-22(20,21)8-11-5-3-2-4-6-11/h10-13,17-18H,2-9,15H2,1H3,(H,16,19)(H,20,21)/t10?,12-,13+/m1/s1. The molecule has 7 nitrogen and oxygen atoms in total. The number of nitrogens with two attached hydrogens (primary N) is 1. The number of carbonyl (C=O) groups excluding carboxylic acids is 1. The largest absolute Gasteiger partial charge is 0.391 e. The van der Waals surface area contributed by atoms with Gasteiger partial charge in [0, 0.05) is 12.7 Å². The molecule has 4 atom stereocenters. The van der Waals surface area contributed by atoms with Crippen molar-refractivity contribution in [3.63, 3.8) is 0 Å². The molecule has 8 heteroatoms. The van der Waals surface area contributed by atoms with Gasteiger partial charge < -0.3 is 26.2 Å². The topological polar surface area (TPSA) is 133 Å². The lowest BCUT2D eigenvalue weighted by Crippen LogP contribution is -2.49. The fourth-order valence-corrected chi connectivity index (χ4v) is 4.91. The van der Waals surface area contributed by atoms with E-state index in [1.165, 1.54) is 13.3 Å². The van der Waals surface area contributed by atoms with E-state index < -0.39 is 31.5 Å². The van der Waals surface area contributed by atoms with Gasteiger partial charge in [0.2, 0.25) is 13.3 Å². The van der Waals surface area contributed by atoms with E-state index in [0.717, 1.165) is 25.7 Å². The Bertz CT molecular complexity index is 399. The third kappa shape index (κ3) is 7.20. The quantitative estimate of drug-likeness (QED) is 0.397. The van der Waals surface area contributed by atoms with Crippen molar-refractivity contribution < 1.29 is 24.5 Å². The average Bonchev–Trinajstić information content (AvgIpc) is 2.43. The minimum atomic E-state index is -3.40. The summed E-state index contributed by atoms with van der Waals surface area (Å²) < 4.78 is 12.2. The van der Waals surface area contributed by atoms with Gasteiger partial charge in [0.05, 0.1) is 18.4 Å². The molecule has 0 bridgehead atoms. The zero-order valence-electron chi connectivity index (χ0n) is 13.1. The van der Waals surface area contributed by atoms with Crippen LogP contribution in [0.5, 0.6) is 0 Å². The Morgan fingerprint density at radius 3 is 2.45 bits per heavy atom. The van der Waals surface area contributed by atoms with Gasteiger partial charge in [-0.1, -0.05) is 19.3 Å². The van der Waals surface area contributed by atoms with Crippen molar-refractivity contribution in [3.05, 3.63) is 0 Å². The van der Waals surface area contributed by atoms with Crippen LogP contribution in [-0.4, -0.2) is 58.1 Å². The SMILES string of the molecule is CC(O)[C@H](N)C(=O)NC[C@@H](O)CP(=O)(O)CC1CCCCC1. The Labute approximate surface area is 131 Å². The lowest BCUT2D eigenvalue weighted by molar-refractivity contribution is -0.124. The first-order chi connectivity index (χ1) is 10.2. The minimum Gasteiger partial charge on any atom is -0.391 e. The molecule has 0 heterocycles. The van der Waals surface area contributed by atoms with Gasteiger partial charge in [0.25, 0.3) is 0 Å². The summed E-state index contributed by atoms with van der Waals surface area (Å²) in [5.74, 6) is -0.330. The van der Waals surface area contributed by atoms with E-state index >= 15 is 0 Å². The second-order valence-electron chi connectivity index (χ2n) is 6.38. The van der Waals surface area contributed by atoms with Crippen molar-refractivity contribution in [1.82, 2.24) is 5.32 Å². The summed E-state index contributed by atoms with van der Waals surface area (Å²) in [5, 5.41) is 21.4. The molecule has 1 aliphatic rings. The molecule has 1 rings (SSSR count). The van der Waals surface area contributed by atoms with Crippen LogP contribution in [0.15, 0.2) is 0 Å². The predicted molar refractivity (Wildman–Crippen MR) is 84.8 cm³/mol. The number of amides is 1. The summed E-state index contributed by atoms with van der Waals surface area (Å²) in [6.07, 6.45) is 3.25. The van der Waals surface area contributed by atoms with Crippen LogP contribution in [0.25, 0.3) is 0 Å². The van der Waals surface area contributed by atoms with Gasteiger partial charge in [-0.2, -0.15) is 0 Å². The highest BCUT2D eigenvalue weighted by Crippen LogP contribution is 2.45. The van der Waals surface area contributed by atoms with Crippen LogP contribution in [0.3, 0.4) is 0 Å². The Kier molecular flexibility index (Phi) is 8.00. The molecule has 2 unspecified atom stereocenters. The van der Waals surface area contributed by atoms with E-state index in [0.29, 0.717) is 0 Å². The van der Waals surface area contributed by atoms with Crippen LogP contribution >= 0.6 is 7.37 Å². The zero-order valence-corrected chi connectivity index (χ0v) is 14.0. The van der Waals surface area contributed by atoms with Crippen LogP contribution in [-0.2, 0) is 9.36 Å². The van der Waals surface area contributed by atoms with Crippen LogP contribution in [0.1, 0.15) is 39.0 Å². The molecule has 0 radical (unpaired) electrons. The highest BCUT2D eigenvalue weighted by molar-refractivity contribution is 7.58. The lowest BCUT2D eigenvalue weighted by Gasteiger charge is -2.25. The molecule has 1 aliphatic carbocycles. The van der Waals surface area contributed by atoms with E-state index in [4.69, 9.17) is 5.73 Å². The molecule has 6 N–H and O–H groups in total. The van der Waals surface area contributed by atoms with Gasteiger partial charge in [-0.25, -0.2) is 0 Å². The van der Waals surface area contributed by atoms with Crippen molar-refractivity contribution in [2.45, 2.75) is 57.3 Å². The fourth-order valence-electron chi connectivity index (χ4n) is 2.80. The third-order valence-corrected chi connectivity index (χ3v) is 6.18. The molecule has 0 aliphatic heterocycles. The molecule has 0 aromatic rings. The third-order valence-electron chi connectivity index (χ3n) is 4.10. The van der Waals surface area contributed by atoms with E-state index in [1.807, 2.05) is 0 Å². The number of nitrogens with one attached hydrogen (secondary N) is 1. The molecule has 1 fully saturated rings. The first-order valence-corrected chi connectivity index (χ1v) is 9.94. The summed E-state index contributed by atoms with van der Waals surface area (Å²) >= 11 is 0. The molecule has 1 saturated carbocycles. The number of hydrogen-bond donors (Lipinski definition) is 5. The summed E-state index contributed by atoms with van der Waals surface area (Å²) in [4.78, 5) is 21.6. The first-order valence-electron chi connectivity index (χ1n) is 7.91. The van der Waals surface area contributed by atoms with Crippen LogP contribution < -0.4 is 11.1 Å². The second kappa shape index (κ2) is 8.99. The van der Waals surface area contributed by atoms with Crippen molar-refractivity contribution in [2.24, 2.45) is 11.7 Å². The minimum absolute atomic E-state index is 0.144. The Morgan fingerprint density at radius 1 is 1.32 bits per heavy atom. The summed E-state index contributed by atoms with van der Waals surface area (Å²) in [5.41, 5.74) is 5.45. The molecular weight excluding hydrogens is 307 g/mol. The molecule has 0 spiro atoms. The lowest BCUT2D eigenvalue weighted by atomic mass is 9.91. The average molecular weight is 336 g/mol. The Morgan fingerprint density at radius 2 is 1.91 bits per heavy atom. The maximum Gasteiger partial charge on any atom is 0.239 e. The van der Waals surface area contributed by atoms with Crippen molar-refractivity contribution in [3.8, 4) is 0 Å². The second-order valence-corrected chi connectivity index (χ2v) is 8.80. The molecule has 0 aromatic carbocycles. The van der Waals surface area contributed by atoms with Crippen molar-refractivity contribution in [2.75, 3.05) is 18.9 Å². The molecule has 130 valence electrons. The Balaban J connectivity index is 2.34. The first kappa shape index (κ1) is 19.6. The van der Waals surface area contributed by atoms with Crippen LogP contribution in [0.2, 0.25) is 0 Å². The smallest absolute Gasteiger partial charge is 0.239 e. The number of hydrogen-bond acceptors (Lipinski definition) is 5. The van der Waals surface area contributed by atoms with Gasteiger partial charge in [0.15, 0.2) is 0 Å². The highest BCUT2D eigenvalue weighted by Gasteiger charge is 2.28. The summed E-state index contributed by atoms with van der Waals surface area (Å²) in [6.45, 7) is 1.25. The normalized spacial score (nSPS) is 23.3. The van der Waals surface area contributed by atoms with Crippen molar-refractivity contribution in [1.29, 1.82) is 0 Å². The van der Waals surface area contributed by atoms with E-state index in [-0.39, 0.29) is 24.8 Å². The molecular formula is C14H29N2O5P. The molecule has 1 amide bonds. The van der Waals surface area contributed by atoms with Gasteiger partial charge >= 0.3 is 0 Å². The van der Waals surface area contributed by atoms with Gasteiger partial charge in [-0.15, -0.1) is 0 Å². The summed E-state index contributed by atoms with van der Waals surface area (Å²) in [6, 6.07) is -1.07. The van der Waals surface area contributed by atoms with Gasteiger partial charge in [0.1, 0.15) is 6.04 Å². The zero-order chi connectivity index (χ0) is 16.8. The van der Waals surface area contributed by atoms with E-state index in [2.05, 4.69) is 5.32 Å². The maximum absolute atomic E-state index is 12.2. The van der Waals surface area contributed by atoms with Crippen LogP contribution in [0, 0.1) is 5.92 Å². The van der Waals surface area contributed by atoms with Gasteiger partial charge in [-0.3, -0.25) is 9.36 Å². The van der Waals surface area contributed by atoms with Gasteiger partial charge in [-0.05, 0) is 25.7 Å². The predicted octanol–water partition coefficient (Wildman–Crippen LogP) is 0.0223.